The van der Waals surface area contributed by atoms with E-state index in [-0.39, 0.29) is 17.9 Å². The van der Waals surface area contributed by atoms with Gasteiger partial charge in [-0.25, -0.2) is 8.78 Å². The van der Waals surface area contributed by atoms with Crippen LogP contribution < -0.4 is 4.74 Å². The molecule has 0 aromatic heterocycles. The highest BCUT2D eigenvalue weighted by Crippen LogP contribution is 2.18. The van der Waals surface area contributed by atoms with Gasteiger partial charge >= 0.3 is 0 Å². The lowest BCUT2D eigenvalue weighted by Gasteiger charge is -2.07. The Labute approximate surface area is 103 Å². The van der Waals surface area contributed by atoms with Crippen LogP contribution in [0.4, 0.5) is 8.78 Å². The summed E-state index contributed by atoms with van der Waals surface area (Å²) in [5, 5.41) is 8.68. The minimum Gasteiger partial charge on any atom is -0.486 e. The summed E-state index contributed by atoms with van der Waals surface area (Å²) in [6, 6.07) is 11.8. The van der Waals surface area contributed by atoms with Gasteiger partial charge in [0.1, 0.15) is 18.5 Å². The molecule has 0 fully saturated rings. The number of nitriles is 1. The Morgan fingerprint density at radius 2 is 1.83 bits per heavy atom. The van der Waals surface area contributed by atoms with E-state index in [2.05, 4.69) is 0 Å². The highest BCUT2D eigenvalue weighted by atomic mass is 19.1. The molecule has 18 heavy (non-hydrogen) atoms. The normalized spacial score (nSPS) is 9.83. The molecule has 0 aliphatic rings. The molecule has 0 saturated carbocycles. The van der Waals surface area contributed by atoms with Crippen molar-refractivity contribution in [3.05, 3.63) is 65.2 Å². The molecule has 0 saturated heterocycles. The van der Waals surface area contributed by atoms with Crippen LogP contribution in [-0.2, 0) is 6.61 Å². The zero-order valence-corrected chi connectivity index (χ0v) is 9.36. The van der Waals surface area contributed by atoms with Crippen LogP contribution in [0.2, 0.25) is 0 Å². The van der Waals surface area contributed by atoms with E-state index >= 15 is 0 Å². The summed E-state index contributed by atoms with van der Waals surface area (Å²) in [5.41, 5.74) is 0.556. The second kappa shape index (κ2) is 5.28. The molecular formula is C14H9F2NO. The minimum atomic E-state index is -0.577. The topological polar surface area (TPSA) is 33.0 Å². The third-order valence-electron chi connectivity index (χ3n) is 2.38. The average molecular weight is 245 g/mol. The first kappa shape index (κ1) is 12.1. The van der Waals surface area contributed by atoms with Gasteiger partial charge in [0, 0.05) is 0 Å². The van der Waals surface area contributed by atoms with Gasteiger partial charge in [-0.2, -0.15) is 5.26 Å². The maximum absolute atomic E-state index is 13.3. The lowest BCUT2D eigenvalue weighted by atomic mass is 10.1. The fourth-order valence-electron chi connectivity index (χ4n) is 1.47. The van der Waals surface area contributed by atoms with Crippen molar-refractivity contribution in [3.8, 4) is 11.8 Å². The van der Waals surface area contributed by atoms with Crippen LogP contribution in [-0.4, -0.2) is 0 Å². The fourth-order valence-corrected chi connectivity index (χ4v) is 1.47. The molecule has 0 radical (unpaired) electrons. The van der Waals surface area contributed by atoms with Crippen molar-refractivity contribution in [2.24, 2.45) is 0 Å². The fraction of sp³-hybridized carbons (Fsp3) is 0.0714. The lowest BCUT2D eigenvalue weighted by molar-refractivity contribution is 0.290. The number of benzene rings is 2. The Hall–Kier alpha value is -2.41. The third kappa shape index (κ3) is 2.64. The number of ether oxygens (including phenoxy) is 1. The number of hydrogen-bond donors (Lipinski definition) is 0. The SMILES string of the molecule is N#Cc1cc(COc2ccccc2F)ccc1F. The van der Waals surface area contributed by atoms with Gasteiger partial charge < -0.3 is 4.74 Å². The maximum Gasteiger partial charge on any atom is 0.165 e. The molecule has 0 amide bonds. The Kier molecular flexibility index (Phi) is 3.54. The van der Waals surface area contributed by atoms with Gasteiger partial charge in [0.2, 0.25) is 0 Å². The second-order valence-corrected chi connectivity index (χ2v) is 3.65. The van der Waals surface area contributed by atoms with Crippen LogP contribution >= 0.6 is 0 Å². The molecule has 2 aromatic carbocycles. The van der Waals surface area contributed by atoms with Crippen molar-refractivity contribution >= 4 is 0 Å². The minimum absolute atomic E-state index is 0.0513. The zero-order valence-electron chi connectivity index (χ0n) is 9.36. The quantitative estimate of drug-likeness (QED) is 0.830. The van der Waals surface area contributed by atoms with E-state index in [0.29, 0.717) is 5.56 Å². The first-order chi connectivity index (χ1) is 8.70. The van der Waals surface area contributed by atoms with Crippen LogP contribution in [0.1, 0.15) is 11.1 Å². The van der Waals surface area contributed by atoms with Crippen molar-refractivity contribution in [3.63, 3.8) is 0 Å². The van der Waals surface area contributed by atoms with Crippen molar-refractivity contribution in [1.29, 1.82) is 5.26 Å². The van der Waals surface area contributed by atoms with Gasteiger partial charge in [-0.3, -0.25) is 0 Å². The Morgan fingerprint density at radius 3 is 2.56 bits per heavy atom. The zero-order chi connectivity index (χ0) is 13.0. The summed E-state index contributed by atoms with van der Waals surface area (Å²) < 4.78 is 31.6. The van der Waals surface area contributed by atoms with E-state index in [4.69, 9.17) is 10.00 Å². The van der Waals surface area contributed by atoms with Crippen LogP contribution in [0, 0.1) is 23.0 Å². The van der Waals surface area contributed by atoms with Crippen molar-refractivity contribution in [2.75, 3.05) is 0 Å². The molecule has 4 heteroatoms. The van der Waals surface area contributed by atoms with E-state index in [0.717, 1.165) is 0 Å². The van der Waals surface area contributed by atoms with E-state index in [9.17, 15) is 8.78 Å². The van der Waals surface area contributed by atoms with E-state index in [1.807, 2.05) is 0 Å². The molecule has 2 aromatic rings. The summed E-state index contributed by atoms with van der Waals surface area (Å²) in [5.74, 6) is -0.910. The van der Waals surface area contributed by atoms with E-state index in [1.54, 1.807) is 18.2 Å². The molecule has 0 unspecified atom stereocenters. The first-order valence-corrected chi connectivity index (χ1v) is 5.26. The highest BCUT2D eigenvalue weighted by Gasteiger charge is 2.05. The van der Waals surface area contributed by atoms with Crippen LogP contribution in [0.3, 0.4) is 0 Å². The Balaban J connectivity index is 2.12. The molecular weight excluding hydrogens is 236 g/mol. The smallest absolute Gasteiger partial charge is 0.165 e. The maximum atomic E-state index is 13.3. The molecule has 0 N–H and O–H groups in total. The number of halogens is 2. The summed E-state index contributed by atoms with van der Waals surface area (Å²) >= 11 is 0. The third-order valence-corrected chi connectivity index (χ3v) is 2.38. The van der Waals surface area contributed by atoms with Gasteiger partial charge in [-0.15, -0.1) is 0 Å². The standard InChI is InChI=1S/C14H9F2NO/c15-12-6-5-10(7-11(12)8-17)9-18-14-4-2-1-3-13(14)16/h1-7H,9H2. The molecule has 0 atom stereocenters. The first-order valence-electron chi connectivity index (χ1n) is 5.26. The number of para-hydroxylation sites is 1. The van der Waals surface area contributed by atoms with Crippen molar-refractivity contribution in [1.82, 2.24) is 0 Å². The number of hydrogen-bond acceptors (Lipinski definition) is 2. The largest absolute Gasteiger partial charge is 0.486 e. The molecule has 2 rings (SSSR count). The van der Waals surface area contributed by atoms with Gasteiger partial charge in [0.25, 0.3) is 0 Å². The van der Waals surface area contributed by atoms with Crippen LogP contribution in [0.15, 0.2) is 42.5 Å². The second-order valence-electron chi connectivity index (χ2n) is 3.65. The van der Waals surface area contributed by atoms with E-state index < -0.39 is 11.6 Å². The monoisotopic (exact) mass is 245 g/mol. The Bertz CT molecular complexity index is 605. The van der Waals surface area contributed by atoms with Crippen molar-refractivity contribution in [2.45, 2.75) is 6.61 Å². The molecule has 90 valence electrons. The van der Waals surface area contributed by atoms with E-state index in [1.165, 1.54) is 30.3 Å². The summed E-state index contributed by atoms with van der Waals surface area (Å²) in [4.78, 5) is 0. The molecule has 0 aliphatic heterocycles. The van der Waals surface area contributed by atoms with Crippen LogP contribution in [0.25, 0.3) is 0 Å². The predicted octanol–water partition coefficient (Wildman–Crippen LogP) is 3.42. The van der Waals surface area contributed by atoms with Gasteiger partial charge in [0.05, 0.1) is 5.56 Å². The summed E-state index contributed by atoms with van der Waals surface area (Å²) in [7, 11) is 0. The summed E-state index contributed by atoms with van der Waals surface area (Å²) in [6.07, 6.45) is 0. The number of nitrogens with zero attached hydrogens (tertiary/aromatic N) is 1. The Morgan fingerprint density at radius 1 is 1.06 bits per heavy atom. The molecule has 0 bridgehead atoms. The average Bonchev–Trinajstić information content (AvgIpc) is 2.39. The van der Waals surface area contributed by atoms with Gasteiger partial charge in [-0.05, 0) is 29.8 Å². The number of rotatable bonds is 3. The molecule has 0 spiro atoms. The predicted molar refractivity (Wildman–Crippen MR) is 61.8 cm³/mol. The van der Waals surface area contributed by atoms with Crippen molar-refractivity contribution < 1.29 is 13.5 Å². The molecule has 0 heterocycles. The van der Waals surface area contributed by atoms with Crippen LogP contribution in [0.5, 0.6) is 5.75 Å². The van der Waals surface area contributed by atoms with Gasteiger partial charge in [0.15, 0.2) is 11.6 Å². The molecule has 2 nitrogen and oxygen atoms in total. The summed E-state index contributed by atoms with van der Waals surface area (Å²) in [6.45, 7) is 0.0793. The highest BCUT2D eigenvalue weighted by molar-refractivity contribution is 5.34. The molecule has 0 aliphatic carbocycles. The van der Waals surface area contributed by atoms with Gasteiger partial charge in [-0.1, -0.05) is 18.2 Å². The lowest BCUT2D eigenvalue weighted by Crippen LogP contribution is -1.98.